The lowest BCUT2D eigenvalue weighted by atomic mass is 9.96. The molecule has 0 aliphatic carbocycles. The van der Waals surface area contributed by atoms with Gasteiger partial charge in [0.2, 0.25) is 0 Å². The molecule has 2 aromatic rings. The number of rotatable bonds is 4. The number of ketones is 1. The highest BCUT2D eigenvalue weighted by Gasteiger charge is 2.14. The Labute approximate surface area is 125 Å². The number of hydrogen-bond acceptors (Lipinski definition) is 1. The van der Waals surface area contributed by atoms with Crippen LogP contribution in [0.1, 0.15) is 40.9 Å². The molecule has 0 unspecified atom stereocenters. The monoisotopic (exact) mass is 286 g/mol. The predicted molar refractivity (Wildman–Crippen MR) is 84.6 cm³/mol. The van der Waals surface area contributed by atoms with Crippen molar-refractivity contribution in [2.75, 3.05) is 0 Å². The third kappa shape index (κ3) is 3.29. The molecule has 0 aliphatic rings. The van der Waals surface area contributed by atoms with Crippen molar-refractivity contribution in [3.05, 3.63) is 69.7 Å². The summed E-state index contributed by atoms with van der Waals surface area (Å²) in [6, 6.07) is 13.4. The second kappa shape index (κ2) is 6.23. The van der Waals surface area contributed by atoms with Crippen LogP contribution in [0.15, 0.2) is 42.5 Å². The fourth-order valence-corrected chi connectivity index (χ4v) is 2.50. The van der Waals surface area contributed by atoms with Gasteiger partial charge in [0.15, 0.2) is 5.78 Å². The van der Waals surface area contributed by atoms with E-state index in [1.807, 2.05) is 37.3 Å². The quantitative estimate of drug-likeness (QED) is 0.717. The first kappa shape index (κ1) is 14.8. The zero-order chi connectivity index (χ0) is 14.7. The molecule has 104 valence electrons. The van der Waals surface area contributed by atoms with E-state index >= 15 is 0 Å². The first-order valence-electron chi connectivity index (χ1n) is 6.87. The van der Waals surface area contributed by atoms with E-state index < -0.39 is 0 Å². The van der Waals surface area contributed by atoms with Crippen LogP contribution in [0.5, 0.6) is 0 Å². The lowest BCUT2D eigenvalue weighted by molar-refractivity contribution is 0.103. The van der Waals surface area contributed by atoms with Crippen molar-refractivity contribution in [2.24, 2.45) is 5.92 Å². The van der Waals surface area contributed by atoms with Crippen molar-refractivity contribution in [1.29, 1.82) is 0 Å². The lowest BCUT2D eigenvalue weighted by Gasteiger charge is -2.09. The minimum Gasteiger partial charge on any atom is -0.289 e. The molecular formula is C18H19ClO. The van der Waals surface area contributed by atoms with E-state index in [1.165, 1.54) is 5.56 Å². The molecule has 0 radical (unpaired) electrons. The molecule has 1 nitrogen and oxygen atoms in total. The molecule has 2 aromatic carbocycles. The van der Waals surface area contributed by atoms with E-state index in [9.17, 15) is 4.79 Å². The Morgan fingerprint density at radius 3 is 2.55 bits per heavy atom. The first-order chi connectivity index (χ1) is 9.49. The Bertz CT molecular complexity index is 629. The largest absolute Gasteiger partial charge is 0.289 e. The van der Waals surface area contributed by atoms with Gasteiger partial charge in [-0.05, 0) is 42.5 Å². The number of aryl methyl sites for hydroxylation is 1. The van der Waals surface area contributed by atoms with Crippen molar-refractivity contribution in [3.63, 3.8) is 0 Å². The van der Waals surface area contributed by atoms with Crippen molar-refractivity contribution in [2.45, 2.75) is 27.2 Å². The van der Waals surface area contributed by atoms with E-state index in [-0.39, 0.29) is 5.78 Å². The van der Waals surface area contributed by atoms with Crippen LogP contribution in [-0.4, -0.2) is 5.78 Å². The van der Waals surface area contributed by atoms with Gasteiger partial charge in [-0.15, -0.1) is 0 Å². The number of benzene rings is 2. The molecule has 0 amide bonds. The zero-order valence-electron chi connectivity index (χ0n) is 12.1. The molecule has 0 bridgehead atoms. The molecule has 0 saturated heterocycles. The number of halogens is 1. The second-order valence-corrected chi connectivity index (χ2v) is 5.94. The normalized spacial score (nSPS) is 10.8. The van der Waals surface area contributed by atoms with Gasteiger partial charge in [-0.25, -0.2) is 0 Å². The van der Waals surface area contributed by atoms with E-state index in [2.05, 4.69) is 19.9 Å². The summed E-state index contributed by atoms with van der Waals surface area (Å²) >= 11 is 6.24. The van der Waals surface area contributed by atoms with Crippen LogP contribution in [0, 0.1) is 12.8 Å². The van der Waals surface area contributed by atoms with Crippen LogP contribution >= 0.6 is 11.6 Å². The van der Waals surface area contributed by atoms with Crippen molar-refractivity contribution in [3.8, 4) is 0 Å². The SMILES string of the molecule is Cc1cccc(C(=O)c2cccc(CC(C)C)c2)c1Cl. The highest BCUT2D eigenvalue weighted by atomic mass is 35.5. The van der Waals surface area contributed by atoms with Gasteiger partial charge in [0.05, 0.1) is 5.02 Å². The van der Waals surface area contributed by atoms with Gasteiger partial charge in [-0.3, -0.25) is 4.79 Å². The third-order valence-electron chi connectivity index (χ3n) is 3.27. The summed E-state index contributed by atoms with van der Waals surface area (Å²) in [4.78, 5) is 12.6. The Balaban J connectivity index is 2.36. The first-order valence-corrected chi connectivity index (χ1v) is 7.25. The Morgan fingerprint density at radius 1 is 1.15 bits per heavy atom. The van der Waals surface area contributed by atoms with Crippen LogP contribution in [0.4, 0.5) is 0 Å². The summed E-state index contributed by atoms with van der Waals surface area (Å²) in [6.45, 7) is 6.26. The minimum absolute atomic E-state index is 0.00990. The van der Waals surface area contributed by atoms with Crippen LogP contribution in [0.25, 0.3) is 0 Å². The summed E-state index contributed by atoms with van der Waals surface area (Å²) < 4.78 is 0. The number of carbonyl (C=O) groups excluding carboxylic acids is 1. The molecular weight excluding hydrogens is 268 g/mol. The van der Waals surface area contributed by atoms with Crippen LogP contribution < -0.4 is 0 Å². The van der Waals surface area contributed by atoms with Crippen LogP contribution in [0.2, 0.25) is 5.02 Å². The Hall–Kier alpha value is -1.60. The molecule has 0 fully saturated rings. The summed E-state index contributed by atoms with van der Waals surface area (Å²) in [5.41, 5.74) is 3.40. The van der Waals surface area contributed by atoms with Crippen LogP contribution in [-0.2, 0) is 6.42 Å². The standard InChI is InChI=1S/C18H19ClO/c1-12(2)10-14-7-5-8-15(11-14)18(20)16-9-4-6-13(3)17(16)19/h4-9,11-12H,10H2,1-3H3. The maximum atomic E-state index is 12.6. The maximum absolute atomic E-state index is 12.6. The van der Waals surface area contributed by atoms with Gasteiger partial charge in [0.25, 0.3) is 0 Å². The van der Waals surface area contributed by atoms with Crippen LogP contribution in [0.3, 0.4) is 0 Å². The molecule has 2 rings (SSSR count). The Kier molecular flexibility index (Phi) is 4.61. The zero-order valence-corrected chi connectivity index (χ0v) is 12.9. The molecule has 0 N–H and O–H groups in total. The number of hydrogen-bond donors (Lipinski definition) is 0. The minimum atomic E-state index is -0.00990. The van der Waals surface area contributed by atoms with Gasteiger partial charge in [-0.1, -0.05) is 55.8 Å². The molecule has 0 heterocycles. The summed E-state index contributed by atoms with van der Waals surface area (Å²) in [6.07, 6.45) is 0.975. The molecule has 0 aromatic heterocycles. The van der Waals surface area contributed by atoms with Crippen molar-refractivity contribution >= 4 is 17.4 Å². The summed E-state index contributed by atoms with van der Waals surface area (Å²) in [5, 5.41) is 0.548. The molecule has 0 spiro atoms. The average Bonchev–Trinajstić information content (AvgIpc) is 2.41. The fourth-order valence-electron chi connectivity index (χ4n) is 2.29. The second-order valence-electron chi connectivity index (χ2n) is 5.56. The Morgan fingerprint density at radius 2 is 1.85 bits per heavy atom. The van der Waals surface area contributed by atoms with Gasteiger partial charge in [-0.2, -0.15) is 0 Å². The van der Waals surface area contributed by atoms with Crippen molar-refractivity contribution < 1.29 is 4.79 Å². The number of carbonyl (C=O) groups is 1. The van der Waals surface area contributed by atoms with Gasteiger partial charge in [0, 0.05) is 11.1 Å². The summed E-state index contributed by atoms with van der Waals surface area (Å²) in [5.74, 6) is 0.562. The van der Waals surface area contributed by atoms with E-state index in [0.29, 0.717) is 22.1 Å². The summed E-state index contributed by atoms with van der Waals surface area (Å²) in [7, 11) is 0. The van der Waals surface area contributed by atoms with Gasteiger partial charge >= 0.3 is 0 Å². The predicted octanol–water partition coefficient (Wildman–Crippen LogP) is 5.08. The average molecular weight is 287 g/mol. The molecule has 0 atom stereocenters. The van der Waals surface area contributed by atoms with Crippen molar-refractivity contribution in [1.82, 2.24) is 0 Å². The highest BCUT2D eigenvalue weighted by molar-refractivity contribution is 6.35. The third-order valence-corrected chi connectivity index (χ3v) is 3.77. The highest BCUT2D eigenvalue weighted by Crippen LogP contribution is 2.23. The molecule has 20 heavy (non-hydrogen) atoms. The maximum Gasteiger partial charge on any atom is 0.194 e. The van der Waals surface area contributed by atoms with E-state index in [0.717, 1.165) is 12.0 Å². The van der Waals surface area contributed by atoms with E-state index in [1.54, 1.807) is 6.07 Å². The van der Waals surface area contributed by atoms with Gasteiger partial charge < -0.3 is 0 Å². The lowest BCUT2D eigenvalue weighted by Crippen LogP contribution is -2.04. The molecule has 0 saturated carbocycles. The smallest absolute Gasteiger partial charge is 0.194 e. The molecule has 2 heteroatoms. The topological polar surface area (TPSA) is 17.1 Å². The van der Waals surface area contributed by atoms with Gasteiger partial charge in [0.1, 0.15) is 0 Å². The fraction of sp³-hybridized carbons (Fsp3) is 0.278. The molecule has 0 aliphatic heterocycles. The van der Waals surface area contributed by atoms with E-state index in [4.69, 9.17) is 11.6 Å².